The molecule has 1 aliphatic heterocycles. The van der Waals surface area contributed by atoms with Crippen LogP contribution < -0.4 is 0 Å². The molecule has 1 aliphatic rings. The van der Waals surface area contributed by atoms with Crippen LogP contribution in [0.4, 0.5) is 0 Å². The molecule has 1 rings (SSSR count). The van der Waals surface area contributed by atoms with Gasteiger partial charge in [-0.3, -0.25) is 14.5 Å². The first-order chi connectivity index (χ1) is 7.06. The van der Waals surface area contributed by atoms with Crippen LogP contribution in [0.15, 0.2) is 0 Å². The summed E-state index contributed by atoms with van der Waals surface area (Å²) in [5.74, 6) is -0.657. The highest BCUT2D eigenvalue weighted by Gasteiger charge is 2.29. The molecule has 1 N–H and O–H groups in total. The maximum atomic E-state index is 11.3. The van der Waals surface area contributed by atoms with Crippen LogP contribution in [0.5, 0.6) is 0 Å². The Hall–Kier alpha value is -0.940. The second-order valence-electron chi connectivity index (χ2n) is 3.84. The monoisotopic (exact) mass is 215 g/mol. The average Bonchev–Trinajstić information content (AvgIpc) is 2.22. The molecule has 86 valence electrons. The lowest BCUT2D eigenvalue weighted by Gasteiger charge is -2.28. The van der Waals surface area contributed by atoms with Crippen molar-refractivity contribution in [2.24, 2.45) is 5.92 Å². The highest BCUT2D eigenvalue weighted by Crippen LogP contribution is 2.11. The van der Waals surface area contributed by atoms with E-state index >= 15 is 0 Å². The molecule has 2 atom stereocenters. The molecule has 0 spiro atoms. The van der Waals surface area contributed by atoms with Gasteiger partial charge in [0.2, 0.25) is 0 Å². The normalized spacial score (nSPS) is 21.7. The van der Waals surface area contributed by atoms with E-state index in [0.29, 0.717) is 0 Å². The lowest BCUT2D eigenvalue weighted by molar-refractivity contribution is -0.160. The van der Waals surface area contributed by atoms with Gasteiger partial charge in [-0.15, -0.1) is 0 Å². The minimum absolute atomic E-state index is 0.0705. The van der Waals surface area contributed by atoms with Gasteiger partial charge in [0.1, 0.15) is 13.2 Å². The van der Waals surface area contributed by atoms with Crippen LogP contribution in [0.3, 0.4) is 0 Å². The van der Waals surface area contributed by atoms with Gasteiger partial charge in [0.05, 0.1) is 12.6 Å². The third kappa shape index (κ3) is 3.00. The third-order valence-corrected chi connectivity index (χ3v) is 2.72. The first-order valence-corrected chi connectivity index (χ1v) is 5.15. The molecule has 2 unspecified atom stereocenters. The first kappa shape index (κ1) is 12.1. The van der Waals surface area contributed by atoms with Gasteiger partial charge in [-0.25, -0.2) is 0 Å². The summed E-state index contributed by atoms with van der Waals surface area (Å²) in [5.41, 5.74) is 0. The van der Waals surface area contributed by atoms with Crippen molar-refractivity contribution in [2.45, 2.75) is 26.4 Å². The largest absolute Gasteiger partial charge is 0.391 e. The summed E-state index contributed by atoms with van der Waals surface area (Å²) >= 11 is 0. The molecule has 0 saturated carbocycles. The number of hydrogen-bond acceptors (Lipinski definition) is 4. The Kier molecular flexibility index (Phi) is 4.23. The average molecular weight is 215 g/mol. The van der Waals surface area contributed by atoms with Crippen molar-refractivity contribution in [1.29, 1.82) is 0 Å². The summed E-state index contributed by atoms with van der Waals surface area (Å²) < 4.78 is 4.77. The van der Waals surface area contributed by atoms with E-state index in [1.54, 1.807) is 0 Å². The summed E-state index contributed by atoms with van der Waals surface area (Å²) in [5, 5.41) is 9.72. The Labute approximate surface area is 89.0 Å². The fraction of sp³-hybridized carbons (Fsp3) is 0.800. The van der Waals surface area contributed by atoms with Crippen LogP contribution in [0.25, 0.3) is 0 Å². The number of aliphatic hydroxyl groups is 1. The van der Waals surface area contributed by atoms with E-state index in [9.17, 15) is 14.7 Å². The van der Waals surface area contributed by atoms with Crippen LogP contribution in [0.2, 0.25) is 0 Å². The fourth-order valence-corrected chi connectivity index (χ4v) is 1.36. The number of carbonyl (C=O) groups excluding carboxylic acids is 2. The summed E-state index contributed by atoms with van der Waals surface area (Å²) in [6, 6.07) is 0. The highest BCUT2D eigenvalue weighted by molar-refractivity contribution is 5.98. The van der Waals surface area contributed by atoms with E-state index in [1.807, 2.05) is 13.8 Å². The molecular formula is C10H17NO4. The van der Waals surface area contributed by atoms with Gasteiger partial charge in [-0.05, 0) is 5.92 Å². The van der Waals surface area contributed by atoms with E-state index < -0.39 is 6.10 Å². The van der Waals surface area contributed by atoms with Crippen molar-refractivity contribution in [1.82, 2.24) is 4.90 Å². The number of imide groups is 1. The predicted octanol–water partition coefficient (Wildman–Crippen LogP) is -0.221. The van der Waals surface area contributed by atoms with Gasteiger partial charge in [0.15, 0.2) is 0 Å². The van der Waals surface area contributed by atoms with E-state index in [1.165, 1.54) is 0 Å². The zero-order valence-corrected chi connectivity index (χ0v) is 9.10. The van der Waals surface area contributed by atoms with Crippen LogP contribution in [-0.2, 0) is 14.3 Å². The smallest absolute Gasteiger partial charge is 0.255 e. The number of carbonyl (C=O) groups is 2. The summed E-state index contributed by atoms with van der Waals surface area (Å²) in [6.45, 7) is 3.78. The van der Waals surface area contributed by atoms with E-state index in [2.05, 4.69) is 0 Å². The number of aliphatic hydroxyl groups excluding tert-OH is 1. The van der Waals surface area contributed by atoms with Crippen molar-refractivity contribution < 1.29 is 19.4 Å². The molecule has 2 amide bonds. The number of hydrogen-bond donors (Lipinski definition) is 1. The maximum absolute atomic E-state index is 11.3. The zero-order valence-electron chi connectivity index (χ0n) is 9.10. The molecule has 5 heteroatoms. The molecule has 0 radical (unpaired) electrons. The molecule has 0 aromatic rings. The molecule has 1 saturated heterocycles. The summed E-state index contributed by atoms with van der Waals surface area (Å²) in [4.78, 5) is 23.7. The number of nitrogens with zero attached hydrogens (tertiary/aromatic N) is 1. The SMILES string of the molecule is CCC(C)C(O)CN1C(=O)COCC1=O. The molecule has 1 heterocycles. The maximum Gasteiger partial charge on any atom is 0.255 e. The van der Waals surface area contributed by atoms with Crippen LogP contribution in [-0.4, -0.2) is 47.7 Å². The van der Waals surface area contributed by atoms with Gasteiger partial charge < -0.3 is 9.84 Å². The van der Waals surface area contributed by atoms with Gasteiger partial charge in [-0.2, -0.15) is 0 Å². The van der Waals surface area contributed by atoms with Crippen molar-refractivity contribution in [3.8, 4) is 0 Å². The standard InChI is InChI=1S/C10H17NO4/c1-3-7(2)8(12)4-11-9(13)5-15-6-10(11)14/h7-8,12H,3-6H2,1-2H3. The minimum atomic E-state index is -0.652. The second kappa shape index (κ2) is 5.23. The van der Waals surface area contributed by atoms with Crippen molar-refractivity contribution in [3.05, 3.63) is 0 Å². The molecule has 15 heavy (non-hydrogen) atoms. The molecule has 0 aromatic carbocycles. The van der Waals surface area contributed by atoms with E-state index in [4.69, 9.17) is 4.74 Å². The number of rotatable bonds is 4. The van der Waals surface area contributed by atoms with Gasteiger partial charge in [-0.1, -0.05) is 20.3 Å². The predicted molar refractivity (Wildman–Crippen MR) is 53.0 cm³/mol. The zero-order chi connectivity index (χ0) is 11.4. The molecule has 5 nitrogen and oxygen atoms in total. The fourth-order valence-electron chi connectivity index (χ4n) is 1.36. The number of ether oxygens (including phenoxy) is 1. The lowest BCUT2D eigenvalue weighted by atomic mass is 10.0. The quantitative estimate of drug-likeness (QED) is 0.658. The number of amides is 2. The van der Waals surface area contributed by atoms with Crippen molar-refractivity contribution in [2.75, 3.05) is 19.8 Å². The summed E-state index contributed by atoms with van der Waals surface area (Å²) in [6.07, 6.45) is 0.162. The lowest BCUT2D eigenvalue weighted by Crippen LogP contribution is -2.50. The third-order valence-electron chi connectivity index (χ3n) is 2.72. The Morgan fingerprint density at radius 2 is 1.93 bits per heavy atom. The first-order valence-electron chi connectivity index (χ1n) is 5.15. The summed E-state index contributed by atoms with van der Waals surface area (Å²) in [7, 11) is 0. The van der Waals surface area contributed by atoms with Crippen LogP contribution in [0, 0.1) is 5.92 Å². The Morgan fingerprint density at radius 1 is 1.40 bits per heavy atom. The molecule has 1 fully saturated rings. The number of β-amino-alcohol motifs (C(OH)–C–C–N with tert-alkyl or cyclic N) is 1. The molecule has 0 aliphatic carbocycles. The Bertz CT molecular complexity index is 238. The van der Waals surface area contributed by atoms with Crippen molar-refractivity contribution in [3.63, 3.8) is 0 Å². The minimum Gasteiger partial charge on any atom is -0.391 e. The van der Waals surface area contributed by atoms with E-state index in [0.717, 1.165) is 11.3 Å². The Balaban J connectivity index is 2.55. The van der Waals surface area contributed by atoms with Gasteiger partial charge in [0.25, 0.3) is 11.8 Å². The van der Waals surface area contributed by atoms with Crippen molar-refractivity contribution >= 4 is 11.8 Å². The number of morpholine rings is 1. The van der Waals surface area contributed by atoms with Gasteiger partial charge >= 0.3 is 0 Å². The molecular weight excluding hydrogens is 198 g/mol. The topological polar surface area (TPSA) is 66.8 Å². The molecule has 0 aromatic heterocycles. The van der Waals surface area contributed by atoms with E-state index in [-0.39, 0.29) is 37.5 Å². The van der Waals surface area contributed by atoms with Crippen LogP contribution in [0.1, 0.15) is 20.3 Å². The Morgan fingerprint density at radius 3 is 2.40 bits per heavy atom. The molecule has 0 bridgehead atoms. The van der Waals surface area contributed by atoms with Gasteiger partial charge in [0, 0.05) is 0 Å². The highest BCUT2D eigenvalue weighted by atomic mass is 16.5. The van der Waals surface area contributed by atoms with Crippen LogP contribution >= 0.6 is 0 Å². The second-order valence-corrected chi connectivity index (χ2v) is 3.84.